The van der Waals surface area contributed by atoms with Crippen molar-refractivity contribution in [3.8, 4) is 5.75 Å². The zero-order valence-electron chi connectivity index (χ0n) is 15.8. The molecule has 0 aromatic heterocycles. The van der Waals surface area contributed by atoms with Crippen molar-refractivity contribution < 1.29 is 27.4 Å². The number of ether oxygens (including phenoxy) is 3. The van der Waals surface area contributed by atoms with E-state index >= 15 is 0 Å². The lowest BCUT2D eigenvalue weighted by Crippen LogP contribution is -2.40. The van der Waals surface area contributed by atoms with Gasteiger partial charge in [-0.15, -0.1) is 0 Å². The average molecular weight is 405 g/mol. The normalized spacial score (nSPS) is 16.4. The van der Waals surface area contributed by atoms with Crippen LogP contribution < -0.4 is 4.74 Å². The first-order chi connectivity index (χ1) is 13.4. The molecule has 150 valence electrons. The van der Waals surface area contributed by atoms with Crippen LogP contribution in [0.2, 0.25) is 0 Å². The standard InChI is InChI=1S/C20H23NO6S/c1-15(16-6-4-3-5-7-16)27-20(22)18-14-17(8-9-19(18)25-2)28(23,24)21-10-12-26-13-11-21/h3-9,14-15H,10-13H2,1-2H3/t15-/m1/s1. The summed E-state index contributed by atoms with van der Waals surface area (Å²) in [5.74, 6) is -0.390. The van der Waals surface area contributed by atoms with Crippen molar-refractivity contribution in [2.45, 2.75) is 17.9 Å². The zero-order chi connectivity index (χ0) is 20.1. The van der Waals surface area contributed by atoms with E-state index in [1.807, 2.05) is 30.3 Å². The average Bonchev–Trinajstić information content (AvgIpc) is 2.74. The Balaban J connectivity index is 1.87. The molecule has 1 atom stereocenters. The second kappa shape index (κ2) is 8.72. The summed E-state index contributed by atoms with van der Waals surface area (Å²) in [5, 5.41) is 0. The SMILES string of the molecule is COc1ccc(S(=O)(=O)N2CCOCC2)cc1C(=O)O[C@H](C)c1ccccc1. The van der Waals surface area contributed by atoms with Gasteiger partial charge in [0, 0.05) is 13.1 Å². The lowest BCUT2D eigenvalue weighted by atomic mass is 10.1. The van der Waals surface area contributed by atoms with Gasteiger partial charge >= 0.3 is 5.97 Å². The van der Waals surface area contributed by atoms with Crippen molar-refractivity contribution in [2.24, 2.45) is 0 Å². The largest absolute Gasteiger partial charge is 0.496 e. The summed E-state index contributed by atoms with van der Waals surface area (Å²) in [6, 6.07) is 13.5. The Morgan fingerprint density at radius 3 is 2.43 bits per heavy atom. The van der Waals surface area contributed by atoms with E-state index in [0.29, 0.717) is 13.2 Å². The van der Waals surface area contributed by atoms with Crippen LogP contribution in [0.5, 0.6) is 5.75 Å². The first-order valence-electron chi connectivity index (χ1n) is 8.95. The van der Waals surface area contributed by atoms with E-state index in [9.17, 15) is 13.2 Å². The van der Waals surface area contributed by atoms with Gasteiger partial charge in [-0.2, -0.15) is 4.31 Å². The van der Waals surface area contributed by atoms with Crippen LogP contribution >= 0.6 is 0 Å². The van der Waals surface area contributed by atoms with Crippen LogP contribution in [0.25, 0.3) is 0 Å². The van der Waals surface area contributed by atoms with Crippen molar-refractivity contribution >= 4 is 16.0 Å². The Morgan fingerprint density at radius 1 is 1.11 bits per heavy atom. The number of rotatable bonds is 6. The maximum absolute atomic E-state index is 12.9. The summed E-state index contributed by atoms with van der Waals surface area (Å²) in [5.41, 5.74) is 0.909. The molecule has 0 spiro atoms. The van der Waals surface area contributed by atoms with E-state index in [2.05, 4.69) is 0 Å². The van der Waals surface area contributed by atoms with Gasteiger partial charge in [-0.1, -0.05) is 30.3 Å². The molecule has 1 heterocycles. The number of sulfonamides is 1. The molecule has 0 aliphatic carbocycles. The third-order valence-electron chi connectivity index (χ3n) is 4.55. The van der Waals surface area contributed by atoms with Crippen LogP contribution in [0.4, 0.5) is 0 Å². The highest BCUT2D eigenvalue weighted by molar-refractivity contribution is 7.89. The molecule has 0 unspecified atom stereocenters. The van der Waals surface area contributed by atoms with E-state index in [1.165, 1.54) is 29.6 Å². The Morgan fingerprint density at radius 2 is 1.79 bits per heavy atom. The molecule has 1 saturated heterocycles. The number of esters is 1. The van der Waals surface area contributed by atoms with E-state index in [0.717, 1.165) is 5.56 Å². The van der Waals surface area contributed by atoms with Crippen LogP contribution in [0.3, 0.4) is 0 Å². The number of benzene rings is 2. The molecule has 28 heavy (non-hydrogen) atoms. The van der Waals surface area contributed by atoms with Crippen LogP contribution in [0, 0.1) is 0 Å². The number of nitrogens with zero attached hydrogens (tertiary/aromatic N) is 1. The second-order valence-corrected chi connectivity index (χ2v) is 8.27. The monoisotopic (exact) mass is 405 g/mol. The number of methoxy groups -OCH3 is 1. The third kappa shape index (κ3) is 4.35. The maximum atomic E-state index is 12.9. The van der Waals surface area contributed by atoms with E-state index < -0.39 is 22.1 Å². The lowest BCUT2D eigenvalue weighted by Gasteiger charge is -2.26. The molecule has 1 fully saturated rings. The van der Waals surface area contributed by atoms with Gasteiger partial charge in [-0.25, -0.2) is 13.2 Å². The van der Waals surface area contributed by atoms with E-state index in [1.54, 1.807) is 6.92 Å². The molecule has 3 rings (SSSR count). The van der Waals surface area contributed by atoms with Crippen molar-refractivity contribution in [3.05, 3.63) is 59.7 Å². The minimum absolute atomic E-state index is 0.0227. The van der Waals surface area contributed by atoms with Gasteiger partial charge in [0.1, 0.15) is 17.4 Å². The number of carbonyl (C=O) groups is 1. The Bertz CT molecular complexity index is 923. The van der Waals surface area contributed by atoms with Crippen molar-refractivity contribution in [1.29, 1.82) is 0 Å². The highest BCUT2D eigenvalue weighted by Gasteiger charge is 2.28. The molecule has 0 radical (unpaired) electrons. The maximum Gasteiger partial charge on any atom is 0.342 e. The molecule has 1 aliphatic heterocycles. The molecule has 0 bridgehead atoms. The minimum atomic E-state index is -3.73. The number of hydrogen-bond acceptors (Lipinski definition) is 6. The summed E-state index contributed by atoms with van der Waals surface area (Å²) in [7, 11) is -2.31. The lowest BCUT2D eigenvalue weighted by molar-refractivity contribution is 0.0334. The predicted molar refractivity (Wildman–Crippen MR) is 103 cm³/mol. The fraction of sp³-hybridized carbons (Fsp3) is 0.350. The van der Waals surface area contributed by atoms with Gasteiger partial charge in [-0.3, -0.25) is 0 Å². The molecule has 0 N–H and O–H groups in total. The van der Waals surface area contributed by atoms with Crippen LogP contribution in [0.15, 0.2) is 53.4 Å². The molecule has 2 aromatic carbocycles. The minimum Gasteiger partial charge on any atom is -0.496 e. The quantitative estimate of drug-likeness (QED) is 0.687. The summed E-state index contributed by atoms with van der Waals surface area (Å²) in [6.45, 7) is 3.00. The Kier molecular flexibility index (Phi) is 6.33. The van der Waals surface area contributed by atoms with Gasteiger partial charge < -0.3 is 14.2 Å². The van der Waals surface area contributed by atoms with Crippen LogP contribution in [-0.2, 0) is 19.5 Å². The first kappa shape index (κ1) is 20.3. The van der Waals surface area contributed by atoms with E-state index in [4.69, 9.17) is 14.2 Å². The van der Waals surface area contributed by atoms with Gasteiger partial charge in [0.2, 0.25) is 10.0 Å². The molecule has 0 saturated carbocycles. The highest BCUT2D eigenvalue weighted by atomic mass is 32.2. The summed E-state index contributed by atoms with van der Waals surface area (Å²) < 4.78 is 43.1. The Labute approximate surface area is 164 Å². The summed E-state index contributed by atoms with van der Waals surface area (Å²) in [6.07, 6.45) is -0.488. The van der Waals surface area contributed by atoms with Crippen molar-refractivity contribution in [3.63, 3.8) is 0 Å². The summed E-state index contributed by atoms with van der Waals surface area (Å²) >= 11 is 0. The number of morpholine rings is 1. The van der Waals surface area contributed by atoms with E-state index in [-0.39, 0.29) is 29.3 Å². The van der Waals surface area contributed by atoms with Gasteiger partial charge in [0.25, 0.3) is 0 Å². The molecular weight excluding hydrogens is 382 g/mol. The fourth-order valence-corrected chi connectivity index (χ4v) is 4.39. The molecule has 0 amide bonds. The molecular formula is C20H23NO6S. The molecule has 1 aliphatic rings. The molecule has 8 heteroatoms. The van der Waals surface area contributed by atoms with Crippen molar-refractivity contribution in [1.82, 2.24) is 4.31 Å². The van der Waals surface area contributed by atoms with Gasteiger partial charge in [0.15, 0.2) is 0 Å². The fourth-order valence-electron chi connectivity index (χ4n) is 2.96. The smallest absolute Gasteiger partial charge is 0.342 e. The molecule has 7 nitrogen and oxygen atoms in total. The molecule has 2 aromatic rings. The number of carbonyl (C=O) groups excluding carboxylic acids is 1. The number of hydrogen-bond donors (Lipinski definition) is 0. The van der Waals surface area contributed by atoms with Gasteiger partial charge in [-0.05, 0) is 30.7 Å². The van der Waals surface area contributed by atoms with Gasteiger partial charge in [0.05, 0.1) is 25.2 Å². The first-order valence-corrected chi connectivity index (χ1v) is 10.4. The van der Waals surface area contributed by atoms with Crippen LogP contribution in [-0.4, -0.2) is 52.1 Å². The summed E-state index contributed by atoms with van der Waals surface area (Å²) in [4.78, 5) is 12.8. The second-order valence-electron chi connectivity index (χ2n) is 6.34. The third-order valence-corrected chi connectivity index (χ3v) is 6.45. The topological polar surface area (TPSA) is 82.1 Å². The Hall–Kier alpha value is -2.42. The van der Waals surface area contributed by atoms with Crippen LogP contribution in [0.1, 0.15) is 28.9 Å². The zero-order valence-corrected chi connectivity index (χ0v) is 16.6. The predicted octanol–water partition coefficient (Wildman–Crippen LogP) is 2.63. The highest BCUT2D eigenvalue weighted by Crippen LogP contribution is 2.27. The van der Waals surface area contributed by atoms with Crippen molar-refractivity contribution in [2.75, 3.05) is 33.4 Å².